The van der Waals surface area contributed by atoms with Gasteiger partial charge in [0, 0.05) is 5.69 Å². The van der Waals surface area contributed by atoms with Gasteiger partial charge in [0.15, 0.2) is 0 Å². The van der Waals surface area contributed by atoms with Gasteiger partial charge in [0.1, 0.15) is 16.6 Å². The molecular weight excluding hydrogens is 224 g/mol. The lowest BCUT2D eigenvalue weighted by molar-refractivity contribution is -0.136. The first kappa shape index (κ1) is 13.0. The number of carbonyl (C=O) groups is 1. The summed E-state index contributed by atoms with van der Waals surface area (Å²) in [5.41, 5.74) is 0.942. The molecule has 88 valence electrons. The number of thioether (sulfide) groups is 1. The van der Waals surface area contributed by atoms with E-state index in [1.165, 1.54) is 18.1 Å². The molecule has 1 N–H and O–H groups in total. The maximum atomic E-state index is 10.9. The molecule has 0 spiro atoms. The van der Waals surface area contributed by atoms with Crippen LogP contribution in [-0.4, -0.2) is 26.3 Å². The van der Waals surface area contributed by atoms with Gasteiger partial charge < -0.3 is 5.11 Å². The van der Waals surface area contributed by atoms with Gasteiger partial charge in [0.2, 0.25) is 0 Å². The van der Waals surface area contributed by atoms with Crippen LogP contribution in [-0.2, 0) is 4.79 Å². The molecular formula is C11H16N2O2S. The minimum absolute atomic E-state index is 0.326. The zero-order valence-corrected chi connectivity index (χ0v) is 10.5. The molecule has 1 atom stereocenters. The van der Waals surface area contributed by atoms with Crippen molar-refractivity contribution in [1.82, 2.24) is 9.97 Å². The van der Waals surface area contributed by atoms with E-state index in [1.54, 1.807) is 0 Å². The van der Waals surface area contributed by atoms with E-state index in [1.807, 2.05) is 26.8 Å². The number of aliphatic carboxylic acids is 1. The fourth-order valence-electron chi connectivity index (χ4n) is 1.19. The van der Waals surface area contributed by atoms with Crippen LogP contribution in [0.15, 0.2) is 17.4 Å². The maximum absolute atomic E-state index is 10.9. The van der Waals surface area contributed by atoms with E-state index in [4.69, 9.17) is 5.11 Å². The molecule has 0 saturated heterocycles. The molecule has 1 aromatic heterocycles. The molecule has 1 aromatic rings. The van der Waals surface area contributed by atoms with Gasteiger partial charge in [0.25, 0.3) is 0 Å². The summed E-state index contributed by atoms with van der Waals surface area (Å²) in [6.45, 7) is 5.95. The first-order chi connectivity index (χ1) is 7.54. The van der Waals surface area contributed by atoms with Crippen molar-refractivity contribution in [1.29, 1.82) is 0 Å². The highest BCUT2D eigenvalue weighted by molar-refractivity contribution is 8.00. The first-order valence-corrected chi connectivity index (χ1v) is 6.14. The summed E-state index contributed by atoms with van der Waals surface area (Å²) < 4.78 is 0. The number of aromatic nitrogens is 2. The number of rotatable bonds is 5. The first-order valence-electron chi connectivity index (χ1n) is 5.26. The molecule has 5 heteroatoms. The van der Waals surface area contributed by atoms with Crippen molar-refractivity contribution >= 4 is 17.7 Å². The zero-order valence-electron chi connectivity index (χ0n) is 9.67. The van der Waals surface area contributed by atoms with E-state index < -0.39 is 11.2 Å². The van der Waals surface area contributed by atoms with Gasteiger partial charge in [-0.05, 0) is 18.4 Å². The Morgan fingerprint density at radius 1 is 1.50 bits per heavy atom. The summed E-state index contributed by atoms with van der Waals surface area (Å²) in [6, 6.07) is 1.86. The van der Waals surface area contributed by atoms with Gasteiger partial charge in [-0.15, -0.1) is 0 Å². The van der Waals surface area contributed by atoms with Gasteiger partial charge in [-0.2, -0.15) is 0 Å². The highest BCUT2D eigenvalue weighted by Gasteiger charge is 2.17. The number of hydrogen-bond acceptors (Lipinski definition) is 4. The Hall–Kier alpha value is -1.10. The van der Waals surface area contributed by atoms with Crippen molar-refractivity contribution in [3.05, 3.63) is 18.1 Å². The topological polar surface area (TPSA) is 63.1 Å². The molecule has 1 unspecified atom stereocenters. The third kappa shape index (κ3) is 3.48. The average Bonchev–Trinajstić information content (AvgIpc) is 2.25. The Kier molecular flexibility index (Phi) is 4.73. The van der Waals surface area contributed by atoms with E-state index in [2.05, 4.69) is 9.97 Å². The maximum Gasteiger partial charge on any atom is 0.317 e. The summed E-state index contributed by atoms with van der Waals surface area (Å²) in [5.74, 6) is -0.468. The number of carboxylic acids is 1. The van der Waals surface area contributed by atoms with E-state index in [0.29, 0.717) is 12.3 Å². The predicted molar refractivity (Wildman–Crippen MR) is 63.7 cm³/mol. The van der Waals surface area contributed by atoms with Gasteiger partial charge in [0.05, 0.1) is 0 Å². The molecule has 0 saturated carbocycles. The van der Waals surface area contributed by atoms with Crippen LogP contribution in [0.25, 0.3) is 0 Å². The fraction of sp³-hybridized carbons (Fsp3) is 0.545. The third-order valence-electron chi connectivity index (χ3n) is 2.16. The Labute approximate surface area is 99.5 Å². The lowest BCUT2D eigenvalue weighted by Gasteiger charge is -2.10. The van der Waals surface area contributed by atoms with Crippen molar-refractivity contribution in [3.63, 3.8) is 0 Å². The highest BCUT2D eigenvalue weighted by Crippen LogP contribution is 2.25. The summed E-state index contributed by atoms with van der Waals surface area (Å²) in [7, 11) is 0. The summed E-state index contributed by atoms with van der Waals surface area (Å²) in [6.07, 6.45) is 2.08. The quantitative estimate of drug-likeness (QED) is 0.633. The molecule has 1 rings (SSSR count). The van der Waals surface area contributed by atoms with Gasteiger partial charge in [-0.1, -0.05) is 32.5 Å². The van der Waals surface area contributed by atoms with E-state index in [9.17, 15) is 4.79 Å². The minimum atomic E-state index is -0.794. The van der Waals surface area contributed by atoms with Crippen molar-refractivity contribution in [2.24, 2.45) is 0 Å². The predicted octanol–water partition coefficient (Wildman–Crippen LogP) is 2.56. The molecule has 0 aliphatic rings. The molecule has 4 nitrogen and oxygen atoms in total. The van der Waals surface area contributed by atoms with Crippen LogP contribution >= 0.6 is 11.8 Å². The van der Waals surface area contributed by atoms with Crippen LogP contribution in [0.1, 0.15) is 38.8 Å². The van der Waals surface area contributed by atoms with Crippen molar-refractivity contribution in [3.8, 4) is 0 Å². The molecule has 0 amide bonds. The second kappa shape index (κ2) is 5.84. The Morgan fingerprint density at radius 2 is 2.19 bits per heavy atom. The zero-order chi connectivity index (χ0) is 12.1. The standard InChI is InChI=1S/C11H16N2O2S/c1-4-9(11(14)15)16-10-5-8(7(2)3)12-6-13-10/h5-7,9H,4H2,1-3H3,(H,14,15). The minimum Gasteiger partial charge on any atom is -0.480 e. The second-order valence-electron chi connectivity index (χ2n) is 3.79. The number of carboxylic acid groups (broad SMARTS) is 1. The van der Waals surface area contributed by atoms with Gasteiger partial charge >= 0.3 is 5.97 Å². The summed E-state index contributed by atoms with van der Waals surface area (Å²) >= 11 is 1.28. The fourth-order valence-corrected chi connectivity index (χ4v) is 2.04. The molecule has 0 fully saturated rings. The molecule has 16 heavy (non-hydrogen) atoms. The number of hydrogen-bond donors (Lipinski definition) is 1. The normalized spacial score (nSPS) is 12.8. The van der Waals surface area contributed by atoms with Crippen LogP contribution in [0.5, 0.6) is 0 Å². The largest absolute Gasteiger partial charge is 0.480 e. The summed E-state index contributed by atoms with van der Waals surface area (Å²) in [4.78, 5) is 19.1. The van der Waals surface area contributed by atoms with Gasteiger partial charge in [-0.25, -0.2) is 9.97 Å². The molecule has 1 heterocycles. The van der Waals surface area contributed by atoms with Crippen LogP contribution in [0.2, 0.25) is 0 Å². The molecule has 0 aliphatic heterocycles. The second-order valence-corrected chi connectivity index (χ2v) is 5.01. The monoisotopic (exact) mass is 240 g/mol. The van der Waals surface area contributed by atoms with Crippen LogP contribution in [0, 0.1) is 0 Å². The highest BCUT2D eigenvalue weighted by atomic mass is 32.2. The van der Waals surface area contributed by atoms with Crippen molar-refractivity contribution in [2.45, 2.75) is 43.4 Å². The smallest absolute Gasteiger partial charge is 0.317 e. The van der Waals surface area contributed by atoms with Crippen molar-refractivity contribution in [2.75, 3.05) is 0 Å². The Balaban J connectivity index is 2.80. The van der Waals surface area contributed by atoms with Crippen molar-refractivity contribution < 1.29 is 9.90 Å². The Morgan fingerprint density at radius 3 is 2.69 bits per heavy atom. The van der Waals surface area contributed by atoms with Gasteiger partial charge in [-0.3, -0.25) is 4.79 Å². The summed E-state index contributed by atoms with van der Waals surface area (Å²) in [5, 5.41) is 9.24. The van der Waals surface area contributed by atoms with E-state index in [0.717, 1.165) is 10.7 Å². The van der Waals surface area contributed by atoms with Crippen LogP contribution in [0.3, 0.4) is 0 Å². The molecule has 0 aromatic carbocycles. The lowest BCUT2D eigenvalue weighted by atomic mass is 10.1. The third-order valence-corrected chi connectivity index (χ3v) is 3.45. The SMILES string of the molecule is CCC(Sc1cc(C(C)C)ncn1)C(=O)O. The van der Waals surface area contributed by atoms with E-state index >= 15 is 0 Å². The molecule has 0 bridgehead atoms. The molecule has 0 aliphatic carbocycles. The molecule has 0 radical (unpaired) electrons. The van der Waals surface area contributed by atoms with E-state index in [-0.39, 0.29) is 0 Å². The Bertz CT molecular complexity index is 369. The lowest BCUT2D eigenvalue weighted by Crippen LogP contribution is -2.15. The number of nitrogens with zero attached hydrogens (tertiary/aromatic N) is 2. The van der Waals surface area contributed by atoms with Crippen LogP contribution < -0.4 is 0 Å². The average molecular weight is 240 g/mol. The van der Waals surface area contributed by atoms with Crippen LogP contribution in [0.4, 0.5) is 0 Å².